The Morgan fingerprint density at radius 1 is 1.23 bits per heavy atom. The topological polar surface area (TPSA) is 70.7 Å². The molecule has 2 heterocycles. The number of carbonyl (C=O) groups excluding carboxylic acids is 1. The molecule has 152 valence electrons. The number of aromatic nitrogens is 2. The second-order valence-electron chi connectivity index (χ2n) is 7.68. The van der Waals surface area contributed by atoms with Crippen LogP contribution in [0.25, 0.3) is 0 Å². The average Bonchev–Trinajstić information content (AvgIpc) is 3.23. The van der Waals surface area contributed by atoms with Gasteiger partial charge in [0.1, 0.15) is 6.04 Å². The van der Waals surface area contributed by atoms with Gasteiger partial charge >= 0.3 is 0 Å². The number of nitrogens with one attached hydrogen (secondary N) is 1. The quantitative estimate of drug-likeness (QED) is 0.601. The van der Waals surface area contributed by atoms with E-state index < -0.39 is 0 Å². The molecule has 6 heteroatoms. The summed E-state index contributed by atoms with van der Waals surface area (Å²) in [6, 6.07) is 16.5. The number of nitriles is 1. The van der Waals surface area contributed by atoms with Crippen LogP contribution in [0.1, 0.15) is 46.1 Å². The van der Waals surface area contributed by atoms with Crippen LogP contribution in [0, 0.1) is 17.2 Å². The van der Waals surface area contributed by atoms with E-state index in [4.69, 9.17) is 16.9 Å². The van der Waals surface area contributed by atoms with Gasteiger partial charge in [-0.3, -0.25) is 4.79 Å². The second-order valence-corrected chi connectivity index (χ2v) is 8.12. The Bertz CT molecular complexity index is 1060. The van der Waals surface area contributed by atoms with E-state index in [0.29, 0.717) is 22.6 Å². The molecule has 1 fully saturated rings. The van der Waals surface area contributed by atoms with Crippen molar-refractivity contribution in [3.8, 4) is 6.07 Å². The number of hydrogen-bond donors (Lipinski definition) is 1. The van der Waals surface area contributed by atoms with Crippen molar-refractivity contribution in [1.82, 2.24) is 14.9 Å². The molecule has 1 aliphatic heterocycles. The van der Waals surface area contributed by atoms with Crippen LogP contribution in [0.4, 0.5) is 0 Å². The van der Waals surface area contributed by atoms with Crippen LogP contribution in [0.2, 0.25) is 5.02 Å². The van der Waals surface area contributed by atoms with E-state index in [1.54, 1.807) is 18.5 Å². The first kappa shape index (κ1) is 20.3. The molecule has 1 atom stereocenters. The first-order valence-electron chi connectivity index (χ1n) is 10.2. The van der Waals surface area contributed by atoms with E-state index in [0.717, 1.165) is 37.2 Å². The van der Waals surface area contributed by atoms with Gasteiger partial charge in [0.05, 0.1) is 18.0 Å². The summed E-state index contributed by atoms with van der Waals surface area (Å²) >= 11 is 6.16. The number of nitrogens with zero attached hydrogens (tertiary/aromatic N) is 3. The molecule has 0 radical (unpaired) electrons. The molecule has 1 aromatic heterocycles. The SMILES string of the molecule is N#Cc1ccc(Cc2cncn2C(C(=O)c2cccc(Cl)c2)C2CCNCC2)cc1. The highest BCUT2D eigenvalue weighted by Crippen LogP contribution is 2.32. The van der Waals surface area contributed by atoms with Crippen LogP contribution >= 0.6 is 11.6 Å². The molecule has 0 bridgehead atoms. The van der Waals surface area contributed by atoms with Gasteiger partial charge in [-0.05, 0) is 61.7 Å². The molecule has 1 saturated heterocycles. The number of halogens is 1. The van der Waals surface area contributed by atoms with Crippen LogP contribution in [-0.2, 0) is 6.42 Å². The fourth-order valence-corrected chi connectivity index (χ4v) is 4.36. The van der Waals surface area contributed by atoms with Crippen LogP contribution in [0.5, 0.6) is 0 Å². The number of carbonyl (C=O) groups is 1. The first-order chi connectivity index (χ1) is 14.7. The van der Waals surface area contributed by atoms with Gasteiger partial charge < -0.3 is 9.88 Å². The van der Waals surface area contributed by atoms with E-state index in [-0.39, 0.29) is 17.7 Å². The van der Waals surface area contributed by atoms with Crippen molar-refractivity contribution in [2.24, 2.45) is 5.92 Å². The van der Waals surface area contributed by atoms with Crippen molar-refractivity contribution < 1.29 is 4.79 Å². The Labute approximate surface area is 181 Å². The van der Waals surface area contributed by atoms with Gasteiger partial charge in [0.25, 0.3) is 0 Å². The van der Waals surface area contributed by atoms with Gasteiger partial charge in [-0.1, -0.05) is 35.9 Å². The highest BCUT2D eigenvalue weighted by Gasteiger charge is 2.32. The van der Waals surface area contributed by atoms with Crippen LogP contribution in [-0.4, -0.2) is 28.4 Å². The minimum absolute atomic E-state index is 0.0727. The fraction of sp³-hybridized carbons (Fsp3) is 0.292. The smallest absolute Gasteiger partial charge is 0.185 e. The second kappa shape index (κ2) is 9.25. The van der Waals surface area contributed by atoms with Gasteiger partial charge in [0.2, 0.25) is 0 Å². The molecule has 4 rings (SSSR count). The first-order valence-corrected chi connectivity index (χ1v) is 10.5. The number of hydrogen-bond acceptors (Lipinski definition) is 4. The Hall–Kier alpha value is -2.94. The van der Waals surface area contributed by atoms with Crippen LogP contribution in [0.15, 0.2) is 61.1 Å². The summed E-state index contributed by atoms with van der Waals surface area (Å²) < 4.78 is 2.04. The van der Waals surface area contributed by atoms with Gasteiger partial charge in [0, 0.05) is 28.9 Å². The molecule has 30 heavy (non-hydrogen) atoms. The average molecular weight is 419 g/mol. The third kappa shape index (κ3) is 4.46. The maximum Gasteiger partial charge on any atom is 0.185 e. The van der Waals surface area contributed by atoms with Gasteiger partial charge in [0.15, 0.2) is 5.78 Å². The number of Topliss-reactive ketones (excluding diaryl/α,β-unsaturated/α-hetero) is 1. The molecule has 0 spiro atoms. The van der Waals surface area contributed by atoms with Gasteiger partial charge in [-0.25, -0.2) is 4.98 Å². The Balaban J connectivity index is 1.68. The molecule has 0 saturated carbocycles. The van der Waals surface area contributed by atoms with Gasteiger partial charge in [-0.2, -0.15) is 5.26 Å². The number of piperidine rings is 1. The summed E-state index contributed by atoms with van der Waals surface area (Å²) in [7, 11) is 0. The summed E-state index contributed by atoms with van der Waals surface area (Å²) in [6.45, 7) is 1.81. The van der Waals surface area contributed by atoms with E-state index in [1.165, 1.54) is 0 Å². The van der Waals surface area contributed by atoms with E-state index in [9.17, 15) is 4.79 Å². The summed E-state index contributed by atoms with van der Waals surface area (Å²) in [6.07, 6.45) is 6.12. The summed E-state index contributed by atoms with van der Waals surface area (Å²) in [5.41, 5.74) is 3.33. The predicted molar refractivity (Wildman–Crippen MR) is 117 cm³/mol. The summed E-state index contributed by atoms with van der Waals surface area (Å²) in [5, 5.41) is 13.0. The molecular weight excluding hydrogens is 396 g/mol. The van der Waals surface area contributed by atoms with Crippen molar-refractivity contribution in [2.75, 3.05) is 13.1 Å². The predicted octanol–water partition coefficient (Wildman–Crippen LogP) is 4.42. The van der Waals surface area contributed by atoms with E-state index in [2.05, 4.69) is 16.4 Å². The molecular formula is C24H23ClN4O. The zero-order valence-corrected chi connectivity index (χ0v) is 17.3. The monoisotopic (exact) mass is 418 g/mol. The third-order valence-corrected chi connectivity index (χ3v) is 5.96. The standard InChI is InChI=1S/C24H23ClN4O/c25-21-3-1-2-20(13-21)24(30)23(19-8-10-27-11-9-19)29-16-28-15-22(29)12-17-4-6-18(14-26)7-5-17/h1-7,13,15-16,19,23,27H,8-12H2. The summed E-state index contributed by atoms with van der Waals surface area (Å²) in [5.74, 6) is 0.301. The highest BCUT2D eigenvalue weighted by molar-refractivity contribution is 6.31. The minimum atomic E-state index is -0.318. The molecule has 0 aliphatic carbocycles. The molecule has 1 unspecified atom stereocenters. The number of rotatable bonds is 6. The minimum Gasteiger partial charge on any atom is -0.323 e. The molecule has 1 aliphatic rings. The van der Waals surface area contributed by atoms with Crippen molar-refractivity contribution in [3.05, 3.63) is 88.5 Å². The largest absolute Gasteiger partial charge is 0.323 e. The van der Waals surface area contributed by atoms with Gasteiger partial charge in [-0.15, -0.1) is 0 Å². The normalized spacial score (nSPS) is 15.5. The zero-order chi connectivity index (χ0) is 20.9. The van der Waals surface area contributed by atoms with Crippen LogP contribution in [0.3, 0.4) is 0 Å². The maximum atomic E-state index is 13.6. The number of ketones is 1. The summed E-state index contributed by atoms with van der Waals surface area (Å²) in [4.78, 5) is 18.0. The third-order valence-electron chi connectivity index (χ3n) is 5.72. The number of imidazole rings is 1. The lowest BCUT2D eigenvalue weighted by Gasteiger charge is -2.32. The fourth-order valence-electron chi connectivity index (χ4n) is 4.17. The highest BCUT2D eigenvalue weighted by atomic mass is 35.5. The lowest BCUT2D eigenvalue weighted by atomic mass is 9.85. The number of benzene rings is 2. The molecule has 2 aromatic carbocycles. The molecule has 3 aromatic rings. The molecule has 5 nitrogen and oxygen atoms in total. The molecule has 1 N–H and O–H groups in total. The zero-order valence-electron chi connectivity index (χ0n) is 16.6. The van der Waals surface area contributed by atoms with Crippen molar-refractivity contribution in [1.29, 1.82) is 5.26 Å². The lowest BCUT2D eigenvalue weighted by Crippen LogP contribution is -2.36. The van der Waals surface area contributed by atoms with E-state index in [1.807, 2.05) is 47.2 Å². The van der Waals surface area contributed by atoms with E-state index >= 15 is 0 Å². The van der Waals surface area contributed by atoms with Crippen molar-refractivity contribution in [2.45, 2.75) is 25.3 Å². The van der Waals surface area contributed by atoms with Crippen molar-refractivity contribution >= 4 is 17.4 Å². The molecule has 0 amide bonds. The Kier molecular flexibility index (Phi) is 6.27. The van der Waals surface area contributed by atoms with Crippen LogP contribution < -0.4 is 5.32 Å². The maximum absolute atomic E-state index is 13.6. The lowest BCUT2D eigenvalue weighted by molar-refractivity contribution is 0.0857. The Morgan fingerprint density at radius 3 is 2.70 bits per heavy atom. The van der Waals surface area contributed by atoms with Crippen molar-refractivity contribution in [3.63, 3.8) is 0 Å². The Morgan fingerprint density at radius 2 is 2.00 bits per heavy atom.